The standard InChI is InChI=1S/C18H19NO2/c20-13-14-7-4-5-10-16(14)19-17(21)18(11-6-12-18)15-8-2-1-3-9-15/h1-5,7-10,20H,6,11-13H2,(H,19,21). The Morgan fingerprint density at radius 1 is 1.05 bits per heavy atom. The van der Waals surface area contributed by atoms with E-state index in [9.17, 15) is 9.90 Å². The number of aliphatic hydroxyl groups excluding tert-OH is 1. The van der Waals surface area contributed by atoms with Crippen molar-refractivity contribution in [1.82, 2.24) is 0 Å². The van der Waals surface area contributed by atoms with Gasteiger partial charge in [-0.15, -0.1) is 0 Å². The van der Waals surface area contributed by atoms with Crippen LogP contribution in [0.2, 0.25) is 0 Å². The molecule has 0 radical (unpaired) electrons. The predicted molar refractivity (Wildman–Crippen MR) is 83.0 cm³/mol. The van der Waals surface area contributed by atoms with Crippen LogP contribution in [0.4, 0.5) is 5.69 Å². The summed E-state index contributed by atoms with van der Waals surface area (Å²) in [6.45, 7) is -0.0746. The van der Waals surface area contributed by atoms with Crippen LogP contribution < -0.4 is 5.32 Å². The van der Waals surface area contributed by atoms with Crippen LogP contribution in [-0.4, -0.2) is 11.0 Å². The van der Waals surface area contributed by atoms with E-state index in [4.69, 9.17) is 0 Å². The summed E-state index contributed by atoms with van der Waals surface area (Å²) in [5.41, 5.74) is 2.11. The summed E-state index contributed by atoms with van der Waals surface area (Å²) in [6.07, 6.45) is 2.83. The molecule has 0 atom stereocenters. The van der Waals surface area contributed by atoms with E-state index < -0.39 is 5.41 Å². The number of benzene rings is 2. The van der Waals surface area contributed by atoms with Gasteiger partial charge in [-0.2, -0.15) is 0 Å². The van der Waals surface area contributed by atoms with Gasteiger partial charge in [-0.25, -0.2) is 0 Å². The van der Waals surface area contributed by atoms with Crippen molar-refractivity contribution in [2.24, 2.45) is 0 Å². The molecule has 0 aliphatic heterocycles. The van der Waals surface area contributed by atoms with E-state index in [1.54, 1.807) is 0 Å². The first-order chi connectivity index (χ1) is 10.3. The van der Waals surface area contributed by atoms with Crippen molar-refractivity contribution in [3.63, 3.8) is 0 Å². The van der Waals surface area contributed by atoms with Crippen LogP contribution in [0.15, 0.2) is 54.6 Å². The van der Waals surface area contributed by atoms with Crippen molar-refractivity contribution in [2.75, 3.05) is 5.32 Å². The van der Waals surface area contributed by atoms with Crippen LogP contribution in [0.25, 0.3) is 0 Å². The van der Waals surface area contributed by atoms with Crippen LogP contribution in [0.1, 0.15) is 30.4 Å². The molecule has 0 bridgehead atoms. The zero-order valence-electron chi connectivity index (χ0n) is 11.9. The van der Waals surface area contributed by atoms with Crippen LogP contribution in [-0.2, 0) is 16.8 Å². The third-order valence-electron chi connectivity index (χ3n) is 4.40. The van der Waals surface area contributed by atoms with Gasteiger partial charge in [0.05, 0.1) is 12.0 Å². The lowest BCUT2D eigenvalue weighted by Gasteiger charge is -2.40. The van der Waals surface area contributed by atoms with Crippen LogP contribution in [0, 0.1) is 0 Å². The third-order valence-corrected chi connectivity index (χ3v) is 4.40. The van der Waals surface area contributed by atoms with Crippen molar-refractivity contribution in [3.05, 3.63) is 65.7 Å². The highest BCUT2D eigenvalue weighted by molar-refractivity contribution is 6.00. The topological polar surface area (TPSA) is 49.3 Å². The van der Waals surface area contributed by atoms with Crippen molar-refractivity contribution in [1.29, 1.82) is 0 Å². The Morgan fingerprint density at radius 2 is 1.71 bits per heavy atom. The highest BCUT2D eigenvalue weighted by Crippen LogP contribution is 2.44. The molecule has 0 saturated heterocycles. The molecule has 2 aromatic rings. The number of anilines is 1. The molecular weight excluding hydrogens is 262 g/mol. The van der Waals surface area contributed by atoms with Gasteiger partial charge in [0.1, 0.15) is 0 Å². The van der Waals surface area contributed by atoms with E-state index in [1.165, 1.54) is 0 Å². The minimum Gasteiger partial charge on any atom is -0.392 e. The number of hydrogen-bond donors (Lipinski definition) is 2. The summed E-state index contributed by atoms with van der Waals surface area (Å²) < 4.78 is 0. The van der Waals surface area contributed by atoms with Gasteiger partial charge in [0, 0.05) is 11.3 Å². The molecular formula is C18H19NO2. The van der Waals surface area contributed by atoms with E-state index >= 15 is 0 Å². The van der Waals surface area contributed by atoms with E-state index in [0.29, 0.717) is 5.69 Å². The normalized spacial score (nSPS) is 16.0. The fraction of sp³-hybridized carbons (Fsp3) is 0.278. The second-order valence-corrected chi connectivity index (χ2v) is 5.57. The maximum atomic E-state index is 12.8. The quantitative estimate of drug-likeness (QED) is 0.904. The molecule has 2 aromatic carbocycles. The molecule has 1 saturated carbocycles. The molecule has 3 rings (SSSR count). The summed E-state index contributed by atoms with van der Waals surface area (Å²) in [5.74, 6) is 0.0286. The molecule has 0 unspecified atom stereocenters. The first-order valence-electron chi connectivity index (χ1n) is 7.32. The Morgan fingerprint density at radius 3 is 2.33 bits per heavy atom. The summed E-state index contributed by atoms with van der Waals surface area (Å²) in [6, 6.07) is 17.4. The Kier molecular flexibility index (Phi) is 3.76. The fourth-order valence-electron chi connectivity index (χ4n) is 2.96. The van der Waals surface area contributed by atoms with Gasteiger partial charge in [-0.1, -0.05) is 55.0 Å². The Hall–Kier alpha value is -2.13. The lowest BCUT2D eigenvalue weighted by Crippen LogP contribution is -2.46. The molecule has 3 nitrogen and oxygen atoms in total. The molecule has 0 spiro atoms. The van der Waals surface area contributed by atoms with Gasteiger partial charge in [-0.3, -0.25) is 4.79 Å². The van der Waals surface area contributed by atoms with Crippen molar-refractivity contribution >= 4 is 11.6 Å². The lowest BCUT2D eigenvalue weighted by atomic mass is 9.64. The second-order valence-electron chi connectivity index (χ2n) is 5.57. The Balaban J connectivity index is 1.87. The molecule has 21 heavy (non-hydrogen) atoms. The van der Waals surface area contributed by atoms with E-state index in [1.807, 2.05) is 54.6 Å². The summed E-state index contributed by atoms with van der Waals surface area (Å²) >= 11 is 0. The van der Waals surface area contributed by atoms with Crippen LogP contribution >= 0.6 is 0 Å². The molecule has 108 valence electrons. The number of carbonyl (C=O) groups excluding carboxylic acids is 1. The Labute approximate surface area is 124 Å². The minimum absolute atomic E-state index is 0.0286. The van der Waals surface area contributed by atoms with E-state index in [-0.39, 0.29) is 12.5 Å². The number of hydrogen-bond acceptors (Lipinski definition) is 2. The summed E-state index contributed by atoms with van der Waals surface area (Å²) in [4.78, 5) is 12.8. The predicted octanol–water partition coefficient (Wildman–Crippen LogP) is 3.24. The van der Waals surface area contributed by atoms with Gasteiger partial charge >= 0.3 is 0 Å². The summed E-state index contributed by atoms with van der Waals surface area (Å²) in [5, 5.41) is 12.4. The van der Waals surface area contributed by atoms with Crippen LogP contribution in [0.5, 0.6) is 0 Å². The number of aliphatic hydroxyl groups is 1. The van der Waals surface area contributed by atoms with Crippen molar-refractivity contribution < 1.29 is 9.90 Å². The van der Waals surface area contributed by atoms with E-state index in [2.05, 4.69) is 5.32 Å². The molecule has 1 fully saturated rings. The van der Waals surface area contributed by atoms with Gasteiger partial charge in [-0.05, 0) is 24.5 Å². The number of amides is 1. The maximum Gasteiger partial charge on any atom is 0.235 e. The SMILES string of the molecule is O=C(Nc1ccccc1CO)C1(c2ccccc2)CCC1. The van der Waals surface area contributed by atoms with E-state index in [0.717, 1.165) is 30.4 Å². The molecule has 2 N–H and O–H groups in total. The van der Waals surface area contributed by atoms with Gasteiger partial charge < -0.3 is 10.4 Å². The zero-order valence-corrected chi connectivity index (χ0v) is 11.9. The maximum absolute atomic E-state index is 12.8. The average molecular weight is 281 g/mol. The molecule has 1 amide bonds. The monoisotopic (exact) mass is 281 g/mol. The summed E-state index contributed by atoms with van der Waals surface area (Å²) in [7, 11) is 0. The smallest absolute Gasteiger partial charge is 0.235 e. The molecule has 3 heteroatoms. The zero-order chi connectivity index (χ0) is 14.7. The molecule has 1 aliphatic rings. The highest BCUT2D eigenvalue weighted by atomic mass is 16.3. The Bertz CT molecular complexity index is 633. The first-order valence-corrected chi connectivity index (χ1v) is 7.32. The van der Waals surface area contributed by atoms with Crippen molar-refractivity contribution in [3.8, 4) is 0 Å². The third kappa shape index (κ3) is 2.45. The number of para-hydroxylation sites is 1. The molecule has 0 aromatic heterocycles. The highest BCUT2D eigenvalue weighted by Gasteiger charge is 2.45. The van der Waals surface area contributed by atoms with Crippen molar-refractivity contribution in [2.45, 2.75) is 31.3 Å². The van der Waals surface area contributed by atoms with Gasteiger partial charge in [0.2, 0.25) is 5.91 Å². The number of nitrogens with one attached hydrogen (secondary N) is 1. The first kappa shape index (κ1) is 13.8. The number of rotatable bonds is 4. The van der Waals surface area contributed by atoms with Gasteiger partial charge in [0.25, 0.3) is 0 Å². The molecule has 1 aliphatic carbocycles. The van der Waals surface area contributed by atoms with Gasteiger partial charge in [0.15, 0.2) is 0 Å². The van der Waals surface area contributed by atoms with Crippen LogP contribution in [0.3, 0.4) is 0 Å². The second kappa shape index (κ2) is 5.70. The fourth-order valence-corrected chi connectivity index (χ4v) is 2.96. The largest absolute Gasteiger partial charge is 0.392 e. The lowest BCUT2D eigenvalue weighted by molar-refractivity contribution is -0.124. The average Bonchev–Trinajstić information content (AvgIpc) is 2.48. The minimum atomic E-state index is -0.413. The molecule has 0 heterocycles. The number of carbonyl (C=O) groups is 1.